The predicted octanol–water partition coefficient (Wildman–Crippen LogP) is 10.2. The molecule has 0 fully saturated rings. The van der Waals surface area contributed by atoms with Gasteiger partial charge in [-0.3, -0.25) is 4.98 Å². The minimum absolute atomic E-state index is 0.164. The third-order valence-electron chi connectivity index (χ3n) is 5.88. The molecule has 0 spiro atoms. The Labute approximate surface area is 273 Å². The number of pyridine rings is 1. The lowest BCUT2D eigenvalue weighted by Crippen LogP contribution is -2.01. The van der Waals surface area contributed by atoms with E-state index in [1.807, 2.05) is 36.4 Å². The van der Waals surface area contributed by atoms with Gasteiger partial charge >= 0.3 is 0 Å². The van der Waals surface area contributed by atoms with Crippen molar-refractivity contribution >= 4 is 67.8 Å². The molecule has 0 unspecified atom stereocenters. The molecule has 5 nitrogen and oxygen atoms in total. The quantitative estimate of drug-likeness (QED) is 0.0614. The fourth-order valence-electron chi connectivity index (χ4n) is 3.65. The molecule has 2 aromatic carbocycles. The van der Waals surface area contributed by atoms with Crippen LogP contribution in [-0.2, 0) is 0 Å². The molecule has 40 heavy (non-hydrogen) atoms. The first-order valence-electron chi connectivity index (χ1n) is 13.0. The number of benzene rings is 2. The molecule has 0 aliphatic rings. The third kappa shape index (κ3) is 9.81. The Kier molecular flexibility index (Phi) is 14.4. The van der Waals surface area contributed by atoms with Crippen LogP contribution < -0.4 is 4.74 Å². The van der Waals surface area contributed by atoms with Gasteiger partial charge in [-0.2, -0.15) is 0 Å². The van der Waals surface area contributed by atoms with E-state index in [9.17, 15) is 13.2 Å². The number of hydrogen-bond donors (Lipinski definition) is 0. The molecule has 0 aliphatic heterocycles. The van der Waals surface area contributed by atoms with Gasteiger partial charge < -0.3 is 9.15 Å². The van der Waals surface area contributed by atoms with E-state index in [-0.39, 0.29) is 10.7 Å². The second-order valence-electron chi connectivity index (χ2n) is 8.88. The average Bonchev–Trinajstić information content (AvgIpc) is 3.49. The molecule has 0 atom stereocenters. The van der Waals surface area contributed by atoms with E-state index < -0.39 is 17.5 Å². The highest BCUT2D eigenvalue weighted by Gasteiger charge is 2.20. The lowest BCUT2D eigenvalue weighted by atomic mass is 10.1. The number of unbranched alkanes of at least 4 members (excludes halogenated alkanes) is 7. The topological polar surface area (TPSA) is 61.0 Å². The lowest BCUT2D eigenvalue weighted by molar-refractivity contribution is 0.304. The van der Waals surface area contributed by atoms with Crippen LogP contribution in [0.2, 0.25) is 0 Å². The lowest BCUT2D eigenvalue weighted by Gasteiger charge is -2.06. The summed E-state index contributed by atoms with van der Waals surface area (Å²) in [6.45, 7) is 3.02. The molecule has 0 aliphatic carbocycles. The highest BCUT2D eigenvalue weighted by molar-refractivity contribution is 14.1. The highest BCUT2D eigenvalue weighted by Crippen LogP contribution is 2.28. The van der Waals surface area contributed by atoms with Crippen molar-refractivity contribution in [3.63, 3.8) is 0 Å². The molecular formula is C29H29F3I3N3O2. The van der Waals surface area contributed by atoms with Crippen LogP contribution in [0.25, 0.3) is 22.9 Å². The smallest absolute Gasteiger partial charge is 0.248 e. The second kappa shape index (κ2) is 17.5. The molecule has 2 heterocycles. The van der Waals surface area contributed by atoms with Crippen LogP contribution in [0.5, 0.6) is 5.75 Å². The predicted molar refractivity (Wildman–Crippen MR) is 176 cm³/mol. The van der Waals surface area contributed by atoms with Crippen molar-refractivity contribution in [2.24, 2.45) is 0 Å². The molecule has 11 heteroatoms. The van der Waals surface area contributed by atoms with Crippen molar-refractivity contribution in [3.8, 4) is 28.7 Å². The minimum Gasteiger partial charge on any atom is -0.494 e. The van der Waals surface area contributed by atoms with Gasteiger partial charge in [-0.25, -0.2) is 13.2 Å². The number of halogens is 6. The number of ether oxygens (including phenoxy) is 1. The molecule has 0 saturated carbocycles. The zero-order valence-corrected chi connectivity index (χ0v) is 28.4. The minimum atomic E-state index is -0.827. The first-order chi connectivity index (χ1) is 19.3. The van der Waals surface area contributed by atoms with E-state index in [1.54, 1.807) is 12.4 Å². The van der Waals surface area contributed by atoms with Crippen LogP contribution in [0.4, 0.5) is 13.2 Å². The molecule has 4 rings (SSSR count). The van der Waals surface area contributed by atoms with E-state index in [0.29, 0.717) is 11.8 Å². The number of hydrogen-bond acceptors (Lipinski definition) is 5. The molecular weight excluding hydrogens is 860 g/mol. The number of nitrogens with zero attached hydrogens (tertiary/aromatic N) is 3. The highest BCUT2D eigenvalue weighted by atomic mass is 127. The summed E-state index contributed by atoms with van der Waals surface area (Å²) in [6.07, 6.45) is 13.8. The van der Waals surface area contributed by atoms with E-state index in [0.717, 1.165) is 29.9 Å². The average molecular weight is 889 g/mol. The van der Waals surface area contributed by atoms with Gasteiger partial charge in [-0.05, 0) is 111 Å². The summed E-state index contributed by atoms with van der Waals surface area (Å²) in [5.74, 6) is -0.612. The second-order valence-corrected chi connectivity index (χ2v) is 12.1. The Morgan fingerprint density at radius 2 is 1.10 bits per heavy atom. The van der Waals surface area contributed by atoms with Gasteiger partial charge in [0.15, 0.2) is 17.5 Å². The SMILES string of the molecule is CCCCCCCCCCOc1ccc(-c2nnc(-c3ccncc3)o2)cc1.Fc1c(I)c(F)c(I)c(F)c1I. The van der Waals surface area contributed by atoms with Crippen LogP contribution in [0.1, 0.15) is 58.3 Å². The largest absolute Gasteiger partial charge is 0.494 e. The van der Waals surface area contributed by atoms with Crippen LogP contribution >= 0.6 is 67.8 Å². The van der Waals surface area contributed by atoms with Gasteiger partial charge in [0, 0.05) is 23.5 Å². The summed E-state index contributed by atoms with van der Waals surface area (Å²) in [4.78, 5) is 4.00. The maximum atomic E-state index is 12.9. The molecule has 214 valence electrons. The van der Waals surface area contributed by atoms with Gasteiger partial charge in [0.05, 0.1) is 17.3 Å². The fraction of sp³-hybridized carbons (Fsp3) is 0.345. The zero-order chi connectivity index (χ0) is 28.9. The summed E-state index contributed by atoms with van der Waals surface area (Å²) in [5.41, 5.74) is 1.74. The van der Waals surface area contributed by atoms with Crippen molar-refractivity contribution in [1.29, 1.82) is 0 Å². The summed E-state index contributed by atoms with van der Waals surface area (Å²) in [7, 11) is 0. The molecule has 4 aromatic rings. The Bertz CT molecular complexity index is 1230. The van der Waals surface area contributed by atoms with Crippen LogP contribution in [-0.4, -0.2) is 21.8 Å². The van der Waals surface area contributed by atoms with E-state index in [4.69, 9.17) is 9.15 Å². The Balaban J connectivity index is 0.000000307. The van der Waals surface area contributed by atoms with Gasteiger partial charge in [0.25, 0.3) is 0 Å². The maximum Gasteiger partial charge on any atom is 0.248 e. The van der Waals surface area contributed by atoms with Gasteiger partial charge in [-0.15, -0.1) is 10.2 Å². The Morgan fingerprint density at radius 1 is 0.650 bits per heavy atom. The molecule has 0 bridgehead atoms. The van der Waals surface area contributed by atoms with Crippen LogP contribution in [0, 0.1) is 28.2 Å². The zero-order valence-electron chi connectivity index (χ0n) is 21.9. The Hall–Kier alpha value is -1.49. The normalized spacial score (nSPS) is 10.8. The maximum absolute atomic E-state index is 12.9. The third-order valence-corrected chi connectivity index (χ3v) is 8.72. The van der Waals surface area contributed by atoms with Crippen LogP contribution in [0.3, 0.4) is 0 Å². The van der Waals surface area contributed by atoms with Crippen molar-refractivity contribution in [2.45, 2.75) is 58.3 Å². The molecule has 2 aromatic heterocycles. The summed E-state index contributed by atoms with van der Waals surface area (Å²) < 4.78 is 49.9. The summed E-state index contributed by atoms with van der Waals surface area (Å²) >= 11 is 4.53. The van der Waals surface area contributed by atoms with E-state index in [1.165, 1.54) is 113 Å². The molecule has 0 amide bonds. The van der Waals surface area contributed by atoms with Crippen molar-refractivity contribution < 1.29 is 22.3 Å². The standard InChI is InChI=1S/C23H29N3O2.C6F3I3/c1-2-3-4-5-6-7-8-9-18-27-21-12-10-19(11-13-21)22-25-26-23(28-22)20-14-16-24-17-15-20;7-1-4(10)2(8)6(12)3(9)5(1)11/h10-17H,2-9,18H2,1H3;. The van der Waals surface area contributed by atoms with Crippen LogP contribution in [0.15, 0.2) is 53.2 Å². The van der Waals surface area contributed by atoms with Crippen molar-refractivity contribution in [2.75, 3.05) is 6.61 Å². The fourth-order valence-corrected chi connectivity index (χ4v) is 6.82. The molecule has 0 N–H and O–H groups in total. The monoisotopic (exact) mass is 889 g/mol. The van der Waals surface area contributed by atoms with Gasteiger partial charge in [-0.1, -0.05) is 51.9 Å². The van der Waals surface area contributed by atoms with Gasteiger partial charge in [0.2, 0.25) is 11.8 Å². The molecule has 0 saturated heterocycles. The van der Waals surface area contributed by atoms with Crippen molar-refractivity contribution in [3.05, 3.63) is 77.0 Å². The summed E-state index contributed by atoms with van der Waals surface area (Å²) in [5, 5.41) is 8.25. The number of aromatic nitrogens is 3. The number of rotatable bonds is 12. The van der Waals surface area contributed by atoms with E-state index >= 15 is 0 Å². The first-order valence-corrected chi connectivity index (χ1v) is 16.2. The molecule has 0 radical (unpaired) electrons. The first kappa shape index (κ1) is 33.0. The van der Waals surface area contributed by atoms with Gasteiger partial charge in [0.1, 0.15) is 5.75 Å². The summed E-state index contributed by atoms with van der Waals surface area (Å²) in [6, 6.07) is 11.5. The van der Waals surface area contributed by atoms with E-state index in [2.05, 4.69) is 22.1 Å². The Morgan fingerprint density at radius 3 is 1.60 bits per heavy atom. The van der Waals surface area contributed by atoms with Crippen molar-refractivity contribution in [1.82, 2.24) is 15.2 Å².